The summed E-state index contributed by atoms with van der Waals surface area (Å²) in [6.45, 7) is 0. The van der Waals surface area contributed by atoms with Gasteiger partial charge in [0.2, 0.25) is 5.91 Å². The summed E-state index contributed by atoms with van der Waals surface area (Å²) < 4.78 is 13.1. The second-order valence-electron chi connectivity index (χ2n) is 3.64. The lowest BCUT2D eigenvalue weighted by Crippen LogP contribution is -2.43. The third-order valence-electron chi connectivity index (χ3n) is 2.20. The molecule has 6 nitrogen and oxygen atoms in total. The number of benzene rings is 1. The summed E-state index contributed by atoms with van der Waals surface area (Å²) >= 11 is 5.58. The van der Waals surface area contributed by atoms with Gasteiger partial charge in [0.05, 0.1) is 17.0 Å². The third-order valence-corrected chi connectivity index (χ3v) is 2.59. The fourth-order valence-corrected chi connectivity index (χ4v) is 1.53. The van der Waals surface area contributed by atoms with E-state index in [1.807, 2.05) is 5.32 Å². The lowest BCUT2D eigenvalue weighted by atomic mass is 10.1. The summed E-state index contributed by atoms with van der Waals surface area (Å²) in [4.78, 5) is 33.2. The summed E-state index contributed by atoms with van der Waals surface area (Å²) in [5.41, 5.74) is 4.64. The van der Waals surface area contributed by atoms with Crippen LogP contribution in [0, 0.1) is 5.82 Å². The zero-order chi connectivity index (χ0) is 14.6. The molecule has 4 N–H and O–H groups in total. The molecule has 1 aromatic carbocycles. The Balaban J connectivity index is 2.91. The van der Waals surface area contributed by atoms with Gasteiger partial charge in [0, 0.05) is 0 Å². The Morgan fingerprint density at radius 1 is 1.42 bits per heavy atom. The highest BCUT2D eigenvalue weighted by Gasteiger charge is 2.24. The van der Waals surface area contributed by atoms with E-state index >= 15 is 0 Å². The monoisotopic (exact) mass is 288 g/mol. The van der Waals surface area contributed by atoms with E-state index < -0.39 is 41.1 Å². The molecule has 0 aromatic heterocycles. The first-order chi connectivity index (χ1) is 8.82. The highest BCUT2D eigenvalue weighted by molar-refractivity contribution is 6.34. The average Bonchev–Trinajstić information content (AvgIpc) is 2.31. The maximum absolute atomic E-state index is 13.1. The van der Waals surface area contributed by atoms with E-state index in [1.54, 1.807) is 0 Å². The van der Waals surface area contributed by atoms with Crippen molar-refractivity contribution in [3.63, 3.8) is 0 Å². The van der Waals surface area contributed by atoms with Crippen LogP contribution in [0.15, 0.2) is 18.2 Å². The molecule has 0 unspecified atom stereocenters. The second kappa shape index (κ2) is 6.14. The Morgan fingerprint density at radius 3 is 2.58 bits per heavy atom. The minimum Gasteiger partial charge on any atom is -0.480 e. The van der Waals surface area contributed by atoms with E-state index in [0.29, 0.717) is 0 Å². The number of carboxylic acid groups (broad SMARTS) is 1. The van der Waals surface area contributed by atoms with E-state index in [-0.39, 0.29) is 5.56 Å². The predicted molar refractivity (Wildman–Crippen MR) is 64.1 cm³/mol. The third kappa shape index (κ3) is 3.92. The standard InChI is InChI=1S/C11H10ClFN2O4/c12-9-5(2-1-3-6(9)13)10(17)15-7(11(18)19)4-8(14)16/h1-3,7H,4H2,(H2,14,16)(H,15,17)(H,18,19)/t7-/m1/s1. The number of halogens is 2. The molecule has 19 heavy (non-hydrogen) atoms. The SMILES string of the molecule is NC(=O)C[C@@H](NC(=O)c1cccc(F)c1Cl)C(=O)O. The Labute approximate surface area is 112 Å². The van der Waals surface area contributed by atoms with Crippen LogP contribution in [0.25, 0.3) is 0 Å². The van der Waals surface area contributed by atoms with Crippen molar-refractivity contribution in [2.45, 2.75) is 12.5 Å². The van der Waals surface area contributed by atoms with Crippen LogP contribution in [0.1, 0.15) is 16.8 Å². The van der Waals surface area contributed by atoms with E-state index in [0.717, 1.165) is 6.07 Å². The molecule has 0 heterocycles. The maximum Gasteiger partial charge on any atom is 0.326 e. The van der Waals surface area contributed by atoms with Gasteiger partial charge in [0.25, 0.3) is 5.91 Å². The Kier molecular flexibility index (Phi) is 4.82. The molecule has 0 aliphatic rings. The molecule has 0 aliphatic carbocycles. The van der Waals surface area contributed by atoms with Gasteiger partial charge in [0.1, 0.15) is 11.9 Å². The van der Waals surface area contributed by atoms with Crippen LogP contribution in [0.5, 0.6) is 0 Å². The van der Waals surface area contributed by atoms with Crippen LogP contribution < -0.4 is 11.1 Å². The van der Waals surface area contributed by atoms with Gasteiger partial charge in [-0.3, -0.25) is 9.59 Å². The zero-order valence-corrected chi connectivity index (χ0v) is 10.3. The summed E-state index contributed by atoms with van der Waals surface area (Å²) in [6, 6.07) is 2.03. The van der Waals surface area contributed by atoms with E-state index in [2.05, 4.69) is 0 Å². The van der Waals surface area contributed by atoms with Crippen molar-refractivity contribution in [1.82, 2.24) is 5.32 Å². The van der Waals surface area contributed by atoms with E-state index in [1.165, 1.54) is 12.1 Å². The molecular weight excluding hydrogens is 279 g/mol. The number of carboxylic acids is 1. The Bertz CT molecular complexity index is 535. The number of aliphatic carboxylic acids is 1. The number of rotatable bonds is 5. The number of carbonyl (C=O) groups is 3. The van der Waals surface area contributed by atoms with Crippen LogP contribution in [-0.2, 0) is 9.59 Å². The summed E-state index contributed by atoms with van der Waals surface area (Å²) in [5, 5.41) is 10.4. The average molecular weight is 289 g/mol. The highest BCUT2D eigenvalue weighted by Crippen LogP contribution is 2.19. The quantitative estimate of drug-likeness (QED) is 0.734. The van der Waals surface area contributed by atoms with Crippen molar-refractivity contribution in [2.75, 3.05) is 0 Å². The summed E-state index contributed by atoms with van der Waals surface area (Å²) in [7, 11) is 0. The predicted octanol–water partition coefficient (Wildman–Crippen LogP) is 0.537. The maximum atomic E-state index is 13.1. The van der Waals surface area contributed by atoms with Gasteiger partial charge in [-0.25, -0.2) is 9.18 Å². The number of hydrogen-bond donors (Lipinski definition) is 3. The molecule has 102 valence electrons. The molecule has 0 aliphatic heterocycles. The zero-order valence-electron chi connectivity index (χ0n) is 9.52. The van der Waals surface area contributed by atoms with Crippen molar-refractivity contribution >= 4 is 29.4 Å². The van der Waals surface area contributed by atoms with Gasteiger partial charge in [-0.15, -0.1) is 0 Å². The molecule has 0 saturated carbocycles. The van der Waals surface area contributed by atoms with Crippen LogP contribution in [-0.4, -0.2) is 28.9 Å². The van der Waals surface area contributed by atoms with Crippen LogP contribution in [0.4, 0.5) is 4.39 Å². The van der Waals surface area contributed by atoms with Gasteiger partial charge >= 0.3 is 5.97 Å². The molecule has 0 saturated heterocycles. The molecule has 0 spiro atoms. The first kappa shape index (κ1) is 14.9. The molecule has 0 radical (unpaired) electrons. The minimum absolute atomic E-state index is 0.225. The molecule has 1 rings (SSSR count). The van der Waals surface area contributed by atoms with Gasteiger partial charge < -0.3 is 16.2 Å². The molecule has 0 bridgehead atoms. The minimum atomic E-state index is -1.50. The van der Waals surface area contributed by atoms with Crippen molar-refractivity contribution < 1.29 is 23.9 Å². The number of nitrogens with two attached hydrogens (primary N) is 1. The van der Waals surface area contributed by atoms with Crippen molar-refractivity contribution in [1.29, 1.82) is 0 Å². The number of hydrogen-bond acceptors (Lipinski definition) is 3. The summed E-state index contributed by atoms with van der Waals surface area (Å²) in [6.07, 6.45) is -0.575. The number of carbonyl (C=O) groups excluding carboxylic acids is 2. The number of primary amides is 1. The topological polar surface area (TPSA) is 109 Å². The van der Waals surface area contributed by atoms with Gasteiger partial charge in [-0.1, -0.05) is 17.7 Å². The van der Waals surface area contributed by atoms with Crippen molar-refractivity contribution in [2.24, 2.45) is 5.73 Å². The number of nitrogens with one attached hydrogen (secondary N) is 1. The van der Waals surface area contributed by atoms with Gasteiger partial charge in [0.15, 0.2) is 0 Å². The van der Waals surface area contributed by atoms with Crippen LogP contribution >= 0.6 is 11.6 Å². The van der Waals surface area contributed by atoms with Crippen molar-refractivity contribution in [3.05, 3.63) is 34.6 Å². The van der Waals surface area contributed by atoms with E-state index in [9.17, 15) is 18.8 Å². The fourth-order valence-electron chi connectivity index (χ4n) is 1.32. The fraction of sp³-hybridized carbons (Fsp3) is 0.182. The summed E-state index contributed by atoms with van der Waals surface area (Å²) in [5.74, 6) is -4.04. The van der Waals surface area contributed by atoms with Crippen molar-refractivity contribution in [3.8, 4) is 0 Å². The largest absolute Gasteiger partial charge is 0.480 e. The highest BCUT2D eigenvalue weighted by atomic mass is 35.5. The Morgan fingerprint density at radius 2 is 2.05 bits per heavy atom. The first-order valence-corrected chi connectivity index (χ1v) is 5.46. The molecule has 1 atom stereocenters. The molecule has 1 aromatic rings. The smallest absolute Gasteiger partial charge is 0.326 e. The lowest BCUT2D eigenvalue weighted by Gasteiger charge is -2.13. The molecule has 2 amide bonds. The molecule has 8 heteroatoms. The first-order valence-electron chi connectivity index (χ1n) is 5.09. The normalized spacial score (nSPS) is 11.7. The Hall–Kier alpha value is -2.15. The van der Waals surface area contributed by atoms with Crippen LogP contribution in [0.3, 0.4) is 0 Å². The van der Waals surface area contributed by atoms with Crippen LogP contribution in [0.2, 0.25) is 5.02 Å². The van der Waals surface area contributed by atoms with Gasteiger partial charge in [-0.2, -0.15) is 0 Å². The molecular formula is C11H10ClFN2O4. The van der Waals surface area contributed by atoms with E-state index in [4.69, 9.17) is 22.4 Å². The lowest BCUT2D eigenvalue weighted by molar-refractivity contribution is -0.140. The van der Waals surface area contributed by atoms with Gasteiger partial charge in [-0.05, 0) is 12.1 Å². The number of amides is 2. The molecule has 0 fully saturated rings. The second-order valence-corrected chi connectivity index (χ2v) is 4.01.